The zero-order valence-corrected chi connectivity index (χ0v) is 8.60. The number of nitrogens with one attached hydrogen (secondary N) is 2. The normalized spacial score (nSPS) is 20.9. The van der Waals surface area contributed by atoms with Crippen LogP contribution in [0, 0.1) is 5.92 Å². The van der Waals surface area contributed by atoms with E-state index in [9.17, 15) is 4.79 Å². The molecular formula is C8H14N6O. The molecule has 82 valence electrons. The average molecular weight is 210 g/mol. The van der Waals surface area contributed by atoms with Crippen molar-refractivity contribution in [2.45, 2.75) is 6.42 Å². The maximum Gasteiger partial charge on any atom is 0.295 e. The molecule has 0 saturated carbocycles. The number of rotatable bonds is 3. The lowest BCUT2D eigenvalue weighted by molar-refractivity contribution is 0.0775. The molecule has 1 amide bonds. The van der Waals surface area contributed by atoms with E-state index in [1.807, 2.05) is 7.05 Å². The van der Waals surface area contributed by atoms with Gasteiger partial charge in [-0.2, -0.15) is 5.21 Å². The molecule has 1 aromatic rings. The molecule has 0 radical (unpaired) electrons. The maximum atomic E-state index is 11.8. The van der Waals surface area contributed by atoms with Crippen molar-refractivity contribution in [1.82, 2.24) is 30.8 Å². The van der Waals surface area contributed by atoms with Gasteiger partial charge in [-0.05, 0) is 31.1 Å². The zero-order valence-electron chi connectivity index (χ0n) is 8.60. The minimum atomic E-state index is -0.137. The van der Waals surface area contributed by atoms with Crippen LogP contribution in [-0.2, 0) is 0 Å². The number of nitrogens with zero attached hydrogens (tertiary/aromatic N) is 4. The Morgan fingerprint density at radius 2 is 2.60 bits per heavy atom. The minimum absolute atomic E-state index is 0.137. The average Bonchev–Trinajstić information content (AvgIpc) is 2.87. The number of tetrazole rings is 1. The molecule has 1 saturated heterocycles. The third-order valence-corrected chi connectivity index (χ3v) is 2.60. The summed E-state index contributed by atoms with van der Waals surface area (Å²) in [5.74, 6) is 0.549. The third-order valence-electron chi connectivity index (χ3n) is 2.60. The lowest BCUT2D eigenvalue weighted by Crippen LogP contribution is -2.31. The molecule has 1 aromatic heterocycles. The predicted molar refractivity (Wildman–Crippen MR) is 52.1 cm³/mol. The van der Waals surface area contributed by atoms with Crippen LogP contribution in [0.4, 0.5) is 0 Å². The second-order valence-corrected chi connectivity index (χ2v) is 3.70. The highest BCUT2D eigenvalue weighted by molar-refractivity contribution is 5.90. The summed E-state index contributed by atoms with van der Waals surface area (Å²) >= 11 is 0. The van der Waals surface area contributed by atoms with Crippen molar-refractivity contribution in [1.29, 1.82) is 0 Å². The van der Waals surface area contributed by atoms with Crippen molar-refractivity contribution in [2.75, 3.05) is 26.7 Å². The summed E-state index contributed by atoms with van der Waals surface area (Å²) in [6.45, 7) is 2.49. The van der Waals surface area contributed by atoms with Gasteiger partial charge in [-0.25, -0.2) is 0 Å². The van der Waals surface area contributed by atoms with E-state index < -0.39 is 0 Å². The zero-order chi connectivity index (χ0) is 10.7. The quantitative estimate of drug-likeness (QED) is 0.660. The van der Waals surface area contributed by atoms with Crippen molar-refractivity contribution in [3.05, 3.63) is 5.82 Å². The Bertz CT molecular complexity index is 324. The number of carbonyl (C=O) groups excluding carboxylic acids is 1. The van der Waals surface area contributed by atoms with E-state index >= 15 is 0 Å². The predicted octanol–water partition coefficient (Wildman–Crippen LogP) is -1.12. The van der Waals surface area contributed by atoms with E-state index in [1.54, 1.807) is 4.90 Å². The molecule has 2 N–H and O–H groups in total. The molecule has 1 unspecified atom stereocenters. The molecule has 15 heavy (non-hydrogen) atoms. The van der Waals surface area contributed by atoms with Gasteiger partial charge in [-0.1, -0.05) is 0 Å². The Morgan fingerprint density at radius 3 is 3.27 bits per heavy atom. The SMILES string of the molecule is CNCC1CCN(C(=O)c2nn[nH]n2)C1. The van der Waals surface area contributed by atoms with Crippen LogP contribution in [0.15, 0.2) is 0 Å². The fourth-order valence-electron chi connectivity index (χ4n) is 1.87. The second-order valence-electron chi connectivity index (χ2n) is 3.70. The monoisotopic (exact) mass is 210 g/mol. The van der Waals surface area contributed by atoms with Gasteiger partial charge in [-0.15, -0.1) is 10.2 Å². The number of carbonyl (C=O) groups is 1. The van der Waals surface area contributed by atoms with Crippen molar-refractivity contribution < 1.29 is 4.79 Å². The van der Waals surface area contributed by atoms with Crippen LogP contribution in [0.1, 0.15) is 17.0 Å². The number of aromatic amines is 1. The van der Waals surface area contributed by atoms with E-state index in [0.29, 0.717) is 5.92 Å². The van der Waals surface area contributed by atoms with Gasteiger partial charge in [0.1, 0.15) is 0 Å². The molecule has 2 heterocycles. The molecule has 1 aliphatic rings. The van der Waals surface area contributed by atoms with Crippen molar-refractivity contribution in [2.24, 2.45) is 5.92 Å². The Balaban J connectivity index is 1.93. The van der Waals surface area contributed by atoms with E-state index in [0.717, 1.165) is 26.1 Å². The van der Waals surface area contributed by atoms with Gasteiger partial charge >= 0.3 is 0 Å². The molecule has 2 rings (SSSR count). The molecule has 0 aromatic carbocycles. The lowest BCUT2D eigenvalue weighted by Gasteiger charge is -2.13. The van der Waals surface area contributed by atoms with Gasteiger partial charge in [0.15, 0.2) is 0 Å². The molecule has 1 fully saturated rings. The van der Waals surface area contributed by atoms with E-state index in [-0.39, 0.29) is 11.7 Å². The third kappa shape index (κ3) is 2.12. The first kappa shape index (κ1) is 10.0. The Hall–Kier alpha value is -1.50. The first-order valence-electron chi connectivity index (χ1n) is 4.98. The molecule has 0 spiro atoms. The highest BCUT2D eigenvalue weighted by atomic mass is 16.2. The van der Waals surface area contributed by atoms with Crippen molar-refractivity contribution in [3.63, 3.8) is 0 Å². The molecular weight excluding hydrogens is 196 g/mol. The summed E-state index contributed by atoms with van der Waals surface area (Å²) in [6, 6.07) is 0. The topological polar surface area (TPSA) is 86.8 Å². The van der Waals surface area contributed by atoms with Gasteiger partial charge < -0.3 is 10.2 Å². The van der Waals surface area contributed by atoms with Gasteiger partial charge in [0, 0.05) is 13.1 Å². The second kappa shape index (κ2) is 4.35. The Labute approximate surface area is 87.2 Å². The summed E-state index contributed by atoms with van der Waals surface area (Å²) in [5, 5.41) is 16.1. The summed E-state index contributed by atoms with van der Waals surface area (Å²) in [6.07, 6.45) is 1.03. The van der Waals surface area contributed by atoms with Crippen LogP contribution < -0.4 is 5.32 Å². The molecule has 7 heteroatoms. The first-order chi connectivity index (χ1) is 7.31. The van der Waals surface area contributed by atoms with Crippen LogP contribution in [-0.4, -0.2) is 58.1 Å². The number of aromatic nitrogens is 4. The summed E-state index contributed by atoms with van der Waals surface area (Å²) in [4.78, 5) is 13.5. The Kier molecular flexibility index (Phi) is 2.91. The Morgan fingerprint density at radius 1 is 1.73 bits per heavy atom. The summed E-state index contributed by atoms with van der Waals surface area (Å²) < 4.78 is 0. The smallest absolute Gasteiger partial charge is 0.295 e. The van der Waals surface area contributed by atoms with Crippen LogP contribution >= 0.6 is 0 Å². The van der Waals surface area contributed by atoms with Gasteiger partial charge in [0.25, 0.3) is 11.7 Å². The number of H-pyrrole nitrogens is 1. The van der Waals surface area contributed by atoms with Crippen LogP contribution in [0.25, 0.3) is 0 Å². The van der Waals surface area contributed by atoms with Crippen molar-refractivity contribution >= 4 is 5.91 Å². The molecule has 1 atom stereocenters. The first-order valence-corrected chi connectivity index (χ1v) is 4.98. The molecule has 7 nitrogen and oxygen atoms in total. The minimum Gasteiger partial charge on any atom is -0.335 e. The fraction of sp³-hybridized carbons (Fsp3) is 0.750. The molecule has 1 aliphatic heterocycles. The van der Waals surface area contributed by atoms with Crippen LogP contribution in [0.3, 0.4) is 0 Å². The fourth-order valence-corrected chi connectivity index (χ4v) is 1.87. The van der Waals surface area contributed by atoms with E-state index in [1.165, 1.54) is 0 Å². The maximum absolute atomic E-state index is 11.8. The lowest BCUT2D eigenvalue weighted by atomic mass is 10.1. The summed E-state index contributed by atoms with van der Waals surface area (Å²) in [7, 11) is 1.92. The molecule has 0 aliphatic carbocycles. The highest BCUT2D eigenvalue weighted by Gasteiger charge is 2.28. The number of hydrogen-bond acceptors (Lipinski definition) is 5. The van der Waals surface area contributed by atoms with E-state index in [4.69, 9.17) is 0 Å². The molecule has 0 bridgehead atoms. The van der Waals surface area contributed by atoms with Crippen LogP contribution in [0.5, 0.6) is 0 Å². The number of amides is 1. The number of hydrogen-bond donors (Lipinski definition) is 2. The van der Waals surface area contributed by atoms with Gasteiger partial charge in [0.05, 0.1) is 0 Å². The standard InChI is InChI=1S/C8H14N6O/c1-9-4-6-2-3-14(5-6)8(15)7-10-12-13-11-7/h6,9H,2-5H2,1H3,(H,10,11,12,13). The highest BCUT2D eigenvalue weighted by Crippen LogP contribution is 2.16. The van der Waals surface area contributed by atoms with Gasteiger partial charge in [-0.3, -0.25) is 4.79 Å². The van der Waals surface area contributed by atoms with E-state index in [2.05, 4.69) is 25.9 Å². The number of likely N-dealkylation sites (tertiary alicyclic amines) is 1. The van der Waals surface area contributed by atoms with Gasteiger partial charge in [0.2, 0.25) is 0 Å². The van der Waals surface area contributed by atoms with Crippen LogP contribution in [0.2, 0.25) is 0 Å². The largest absolute Gasteiger partial charge is 0.335 e. The summed E-state index contributed by atoms with van der Waals surface area (Å²) in [5.41, 5.74) is 0. The van der Waals surface area contributed by atoms with Crippen molar-refractivity contribution in [3.8, 4) is 0 Å².